The molecule has 0 amide bonds. The van der Waals surface area contributed by atoms with Crippen molar-refractivity contribution in [3.63, 3.8) is 0 Å². The summed E-state index contributed by atoms with van der Waals surface area (Å²) in [6.07, 6.45) is 0. The minimum absolute atomic E-state index is 0.175. The summed E-state index contributed by atoms with van der Waals surface area (Å²) in [5, 5.41) is 3.50. The van der Waals surface area contributed by atoms with Gasteiger partial charge in [0.05, 0.1) is 0 Å². The summed E-state index contributed by atoms with van der Waals surface area (Å²) in [6.45, 7) is 9.66. The van der Waals surface area contributed by atoms with Gasteiger partial charge in [0, 0.05) is 31.9 Å². The van der Waals surface area contributed by atoms with Crippen molar-refractivity contribution in [3.05, 3.63) is 29.3 Å². The summed E-state index contributed by atoms with van der Waals surface area (Å²) in [5.74, 6) is 0. The van der Waals surface area contributed by atoms with E-state index in [1.54, 1.807) is 0 Å². The lowest BCUT2D eigenvalue weighted by molar-refractivity contribution is 0.424. The Hall–Kier alpha value is -1.02. The Morgan fingerprint density at radius 1 is 1.19 bits per heavy atom. The third-order valence-corrected chi connectivity index (χ3v) is 2.57. The molecule has 0 aromatic heterocycles. The Morgan fingerprint density at radius 2 is 1.81 bits per heavy atom. The van der Waals surface area contributed by atoms with Crippen molar-refractivity contribution < 1.29 is 0 Å². The highest BCUT2D eigenvalue weighted by Crippen LogP contribution is 2.19. The molecule has 0 aliphatic heterocycles. The topological polar surface area (TPSA) is 15.3 Å². The number of nitrogens with zero attached hydrogens (tertiary/aromatic N) is 1. The Kier molecular flexibility index (Phi) is 3.98. The van der Waals surface area contributed by atoms with Gasteiger partial charge in [-0.3, -0.25) is 0 Å². The Balaban J connectivity index is 2.74. The van der Waals surface area contributed by atoms with Crippen LogP contribution in [-0.4, -0.2) is 19.6 Å². The van der Waals surface area contributed by atoms with Crippen LogP contribution in [0.4, 0.5) is 5.69 Å². The van der Waals surface area contributed by atoms with E-state index in [0.29, 0.717) is 0 Å². The minimum Gasteiger partial charge on any atom is -0.377 e. The molecule has 0 heterocycles. The van der Waals surface area contributed by atoms with Crippen LogP contribution in [-0.2, 0) is 6.54 Å². The van der Waals surface area contributed by atoms with Crippen molar-refractivity contribution in [1.29, 1.82) is 0 Å². The fourth-order valence-electron chi connectivity index (χ4n) is 1.70. The van der Waals surface area contributed by atoms with E-state index in [2.05, 4.69) is 70.2 Å². The van der Waals surface area contributed by atoms with Gasteiger partial charge in [-0.05, 0) is 44.9 Å². The number of rotatable bonds is 3. The van der Waals surface area contributed by atoms with E-state index in [0.717, 1.165) is 6.54 Å². The van der Waals surface area contributed by atoms with E-state index in [1.165, 1.54) is 16.8 Å². The van der Waals surface area contributed by atoms with Crippen molar-refractivity contribution in [2.24, 2.45) is 0 Å². The zero-order valence-corrected chi connectivity index (χ0v) is 11.4. The molecule has 0 radical (unpaired) electrons. The number of hydrogen-bond donors (Lipinski definition) is 1. The predicted molar refractivity (Wildman–Crippen MR) is 72.1 cm³/mol. The average molecular weight is 220 g/mol. The van der Waals surface area contributed by atoms with Crippen molar-refractivity contribution in [2.75, 3.05) is 19.0 Å². The largest absolute Gasteiger partial charge is 0.377 e. The van der Waals surface area contributed by atoms with Gasteiger partial charge < -0.3 is 10.2 Å². The summed E-state index contributed by atoms with van der Waals surface area (Å²) in [6, 6.07) is 6.64. The normalized spacial score (nSPS) is 11.6. The molecule has 0 aliphatic carbocycles. The van der Waals surface area contributed by atoms with Gasteiger partial charge in [-0.1, -0.05) is 12.1 Å². The fourth-order valence-corrected chi connectivity index (χ4v) is 1.70. The van der Waals surface area contributed by atoms with Gasteiger partial charge in [-0.15, -0.1) is 0 Å². The maximum atomic E-state index is 3.50. The van der Waals surface area contributed by atoms with Crippen LogP contribution in [0.2, 0.25) is 0 Å². The van der Waals surface area contributed by atoms with E-state index in [-0.39, 0.29) is 5.54 Å². The molecule has 2 heteroatoms. The first-order valence-electron chi connectivity index (χ1n) is 5.81. The molecule has 16 heavy (non-hydrogen) atoms. The van der Waals surface area contributed by atoms with Gasteiger partial charge in [0.15, 0.2) is 0 Å². The molecule has 0 saturated heterocycles. The molecule has 1 aromatic carbocycles. The second kappa shape index (κ2) is 4.88. The summed E-state index contributed by atoms with van der Waals surface area (Å²) >= 11 is 0. The third-order valence-electron chi connectivity index (χ3n) is 2.57. The van der Waals surface area contributed by atoms with Crippen LogP contribution in [0.15, 0.2) is 18.2 Å². The zero-order valence-electron chi connectivity index (χ0n) is 11.4. The van der Waals surface area contributed by atoms with Crippen LogP contribution in [0.3, 0.4) is 0 Å². The molecule has 0 saturated carbocycles. The first-order chi connectivity index (χ1) is 7.29. The summed E-state index contributed by atoms with van der Waals surface area (Å²) in [7, 11) is 4.16. The van der Waals surface area contributed by atoms with Crippen LogP contribution in [0.25, 0.3) is 0 Å². The maximum absolute atomic E-state index is 3.50. The van der Waals surface area contributed by atoms with E-state index in [4.69, 9.17) is 0 Å². The predicted octanol–water partition coefficient (Wildman–Crippen LogP) is 2.95. The van der Waals surface area contributed by atoms with E-state index < -0.39 is 0 Å². The van der Waals surface area contributed by atoms with E-state index >= 15 is 0 Å². The number of anilines is 1. The van der Waals surface area contributed by atoms with Crippen LogP contribution in [0, 0.1) is 6.92 Å². The van der Waals surface area contributed by atoms with Gasteiger partial charge in [-0.25, -0.2) is 0 Å². The second-order valence-corrected chi connectivity index (χ2v) is 5.62. The highest BCUT2D eigenvalue weighted by molar-refractivity contribution is 5.53. The third kappa shape index (κ3) is 3.86. The van der Waals surface area contributed by atoms with Crippen molar-refractivity contribution in [2.45, 2.75) is 39.8 Å². The zero-order chi connectivity index (χ0) is 12.3. The molecule has 1 aromatic rings. The number of nitrogens with one attached hydrogen (secondary N) is 1. The second-order valence-electron chi connectivity index (χ2n) is 5.62. The molecule has 0 fully saturated rings. The SMILES string of the molecule is Cc1cc(CNC(C)(C)C)ccc1N(C)C. The van der Waals surface area contributed by atoms with Gasteiger partial charge in [0.1, 0.15) is 0 Å². The monoisotopic (exact) mass is 220 g/mol. The highest BCUT2D eigenvalue weighted by atomic mass is 15.1. The first-order valence-corrected chi connectivity index (χ1v) is 5.81. The summed E-state index contributed by atoms with van der Waals surface area (Å²) in [5.41, 5.74) is 4.14. The summed E-state index contributed by atoms with van der Waals surface area (Å²) < 4.78 is 0. The van der Waals surface area contributed by atoms with Gasteiger partial charge in [0.2, 0.25) is 0 Å². The summed E-state index contributed by atoms with van der Waals surface area (Å²) in [4.78, 5) is 2.15. The van der Waals surface area contributed by atoms with Gasteiger partial charge in [-0.2, -0.15) is 0 Å². The van der Waals surface area contributed by atoms with E-state index in [1.807, 2.05) is 0 Å². The molecule has 0 unspecified atom stereocenters. The maximum Gasteiger partial charge on any atom is 0.0390 e. The molecule has 90 valence electrons. The molecule has 1 rings (SSSR count). The molecule has 0 atom stereocenters. The average Bonchev–Trinajstić information content (AvgIpc) is 2.13. The van der Waals surface area contributed by atoms with Gasteiger partial charge in [0.25, 0.3) is 0 Å². The number of hydrogen-bond acceptors (Lipinski definition) is 2. The highest BCUT2D eigenvalue weighted by Gasteiger charge is 2.09. The molecule has 0 spiro atoms. The number of aryl methyl sites for hydroxylation is 1. The van der Waals surface area contributed by atoms with Gasteiger partial charge >= 0.3 is 0 Å². The van der Waals surface area contributed by atoms with Crippen LogP contribution >= 0.6 is 0 Å². The lowest BCUT2D eigenvalue weighted by Crippen LogP contribution is -2.35. The Bertz CT molecular complexity index is 348. The van der Waals surface area contributed by atoms with Crippen molar-refractivity contribution >= 4 is 5.69 Å². The van der Waals surface area contributed by atoms with Crippen LogP contribution in [0.1, 0.15) is 31.9 Å². The quantitative estimate of drug-likeness (QED) is 0.842. The molecular formula is C14H24N2. The lowest BCUT2D eigenvalue weighted by Gasteiger charge is -2.21. The Morgan fingerprint density at radius 3 is 2.25 bits per heavy atom. The van der Waals surface area contributed by atoms with Crippen LogP contribution in [0.5, 0.6) is 0 Å². The fraction of sp³-hybridized carbons (Fsp3) is 0.571. The molecule has 2 nitrogen and oxygen atoms in total. The number of benzene rings is 1. The molecular weight excluding hydrogens is 196 g/mol. The molecule has 0 bridgehead atoms. The first kappa shape index (κ1) is 13.0. The van der Waals surface area contributed by atoms with E-state index in [9.17, 15) is 0 Å². The molecule has 0 aliphatic rings. The standard InChI is InChI=1S/C14H24N2/c1-11-9-12(10-15-14(2,3)4)7-8-13(11)16(5)6/h7-9,15H,10H2,1-6H3. The smallest absolute Gasteiger partial charge is 0.0390 e. The van der Waals surface area contributed by atoms with Crippen molar-refractivity contribution in [3.8, 4) is 0 Å². The molecule has 1 N–H and O–H groups in total. The minimum atomic E-state index is 0.175. The Labute approximate surface area is 99.7 Å². The van der Waals surface area contributed by atoms with Crippen LogP contribution < -0.4 is 10.2 Å². The van der Waals surface area contributed by atoms with Crippen molar-refractivity contribution in [1.82, 2.24) is 5.32 Å². The lowest BCUT2D eigenvalue weighted by atomic mass is 10.1.